The zero-order valence-corrected chi connectivity index (χ0v) is 16.4. The van der Waals surface area contributed by atoms with Gasteiger partial charge in [-0.25, -0.2) is 10.1 Å². The Morgan fingerprint density at radius 3 is 2.89 bits per heavy atom. The number of anilines is 2. The van der Waals surface area contributed by atoms with Crippen molar-refractivity contribution < 1.29 is 4.74 Å². The summed E-state index contributed by atoms with van der Waals surface area (Å²) in [5, 5.41) is 10.8. The van der Waals surface area contributed by atoms with Crippen LogP contribution in [0.3, 0.4) is 0 Å². The van der Waals surface area contributed by atoms with Crippen molar-refractivity contribution in [3.63, 3.8) is 0 Å². The summed E-state index contributed by atoms with van der Waals surface area (Å²) in [6.45, 7) is 5.67. The van der Waals surface area contributed by atoms with E-state index in [4.69, 9.17) is 16.3 Å². The molecule has 2 aromatic heterocycles. The topological polar surface area (TPSA) is 83.1 Å². The SMILES string of the molecule is CCOc1cc(CN2CCCC2)ccc1Nc1nc(Cl)cc2cn[nH]c(=O)c12. The summed E-state index contributed by atoms with van der Waals surface area (Å²) >= 11 is 6.14. The molecule has 0 aliphatic carbocycles. The van der Waals surface area contributed by atoms with Crippen molar-refractivity contribution in [2.45, 2.75) is 26.3 Å². The number of hydrogen-bond donors (Lipinski definition) is 2. The van der Waals surface area contributed by atoms with Gasteiger partial charge in [-0.2, -0.15) is 5.10 Å². The maximum Gasteiger partial charge on any atom is 0.275 e. The van der Waals surface area contributed by atoms with Gasteiger partial charge in [-0.15, -0.1) is 0 Å². The van der Waals surface area contributed by atoms with Gasteiger partial charge in [-0.1, -0.05) is 17.7 Å². The van der Waals surface area contributed by atoms with E-state index in [0.29, 0.717) is 23.2 Å². The lowest BCUT2D eigenvalue weighted by molar-refractivity contribution is 0.326. The average Bonchev–Trinajstić information content (AvgIpc) is 3.17. The molecule has 3 heterocycles. The second-order valence-corrected chi connectivity index (χ2v) is 7.22. The summed E-state index contributed by atoms with van der Waals surface area (Å²) in [6, 6.07) is 7.69. The molecular weight excluding hydrogens is 378 g/mol. The van der Waals surface area contributed by atoms with E-state index in [0.717, 1.165) is 31.1 Å². The quantitative estimate of drug-likeness (QED) is 0.615. The number of fused-ring (bicyclic) bond motifs is 1. The van der Waals surface area contributed by atoms with Crippen LogP contribution in [0.5, 0.6) is 5.75 Å². The first-order valence-electron chi connectivity index (χ1n) is 9.43. The van der Waals surface area contributed by atoms with Gasteiger partial charge in [-0.3, -0.25) is 9.69 Å². The van der Waals surface area contributed by atoms with Gasteiger partial charge >= 0.3 is 0 Å². The van der Waals surface area contributed by atoms with E-state index >= 15 is 0 Å². The first kappa shape index (κ1) is 18.7. The van der Waals surface area contributed by atoms with Crippen LogP contribution >= 0.6 is 11.6 Å². The number of nitrogens with one attached hydrogen (secondary N) is 2. The zero-order chi connectivity index (χ0) is 19.5. The summed E-state index contributed by atoms with van der Waals surface area (Å²) in [5.41, 5.74) is 1.61. The lowest BCUT2D eigenvalue weighted by atomic mass is 10.1. The average molecular weight is 400 g/mol. The fourth-order valence-corrected chi connectivity index (χ4v) is 3.75. The molecule has 1 fully saturated rings. The number of likely N-dealkylation sites (tertiary alicyclic amines) is 1. The van der Waals surface area contributed by atoms with Crippen molar-refractivity contribution in [3.8, 4) is 5.75 Å². The molecule has 1 aliphatic heterocycles. The number of nitrogens with zero attached hydrogens (tertiary/aromatic N) is 3. The Balaban J connectivity index is 1.69. The molecule has 1 saturated heterocycles. The van der Waals surface area contributed by atoms with Crippen LogP contribution in [0, 0.1) is 0 Å². The Kier molecular flexibility index (Phi) is 5.45. The van der Waals surface area contributed by atoms with E-state index in [1.54, 1.807) is 12.3 Å². The lowest BCUT2D eigenvalue weighted by Gasteiger charge is -2.18. The summed E-state index contributed by atoms with van der Waals surface area (Å²) in [7, 11) is 0. The summed E-state index contributed by atoms with van der Waals surface area (Å²) < 4.78 is 5.85. The first-order chi connectivity index (χ1) is 13.6. The van der Waals surface area contributed by atoms with E-state index < -0.39 is 0 Å². The van der Waals surface area contributed by atoms with Crippen molar-refractivity contribution in [3.05, 3.63) is 51.5 Å². The molecule has 0 atom stereocenters. The van der Waals surface area contributed by atoms with E-state index in [1.165, 1.54) is 18.4 Å². The Hall–Kier alpha value is -2.64. The smallest absolute Gasteiger partial charge is 0.275 e. The first-order valence-corrected chi connectivity index (χ1v) is 9.81. The molecule has 3 aromatic rings. The molecule has 0 spiro atoms. The van der Waals surface area contributed by atoms with E-state index in [-0.39, 0.29) is 10.7 Å². The molecule has 8 heteroatoms. The van der Waals surface area contributed by atoms with Crippen molar-refractivity contribution in [1.29, 1.82) is 0 Å². The highest BCUT2D eigenvalue weighted by Gasteiger charge is 2.15. The molecule has 0 saturated carbocycles. The van der Waals surface area contributed by atoms with Gasteiger partial charge in [0.2, 0.25) is 0 Å². The number of benzene rings is 1. The van der Waals surface area contributed by atoms with Crippen LogP contribution in [-0.2, 0) is 6.54 Å². The Morgan fingerprint density at radius 2 is 2.11 bits per heavy atom. The molecule has 0 radical (unpaired) electrons. The molecule has 0 amide bonds. The summed E-state index contributed by atoms with van der Waals surface area (Å²) in [6.07, 6.45) is 4.07. The minimum atomic E-state index is -0.326. The fourth-order valence-electron chi connectivity index (χ4n) is 3.55. The molecule has 0 bridgehead atoms. The highest BCUT2D eigenvalue weighted by molar-refractivity contribution is 6.30. The number of H-pyrrole nitrogens is 1. The minimum Gasteiger partial charge on any atom is -0.492 e. The van der Waals surface area contributed by atoms with Crippen molar-refractivity contribution >= 4 is 33.9 Å². The summed E-state index contributed by atoms with van der Waals surface area (Å²) in [5.74, 6) is 1.10. The number of aromatic nitrogens is 3. The van der Waals surface area contributed by atoms with Crippen molar-refractivity contribution in [2.24, 2.45) is 0 Å². The van der Waals surface area contributed by atoms with Gasteiger partial charge in [0.25, 0.3) is 5.56 Å². The van der Waals surface area contributed by atoms with Crippen LogP contribution in [0.2, 0.25) is 5.15 Å². The van der Waals surface area contributed by atoms with Crippen LogP contribution in [0.15, 0.2) is 35.3 Å². The van der Waals surface area contributed by atoms with Crippen LogP contribution in [0.4, 0.5) is 11.5 Å². The Bertz CT molecular complexity index is 1050. The molecule has 0 unspecified atom stereocenters. The maximum atomic E-state index is 12.3. The maximum absolute atomic E-state index is 12.3. The third-order valence-electron chi connectivity index (χ3n) is 4.82. The molecule has 4 rings (SSSR count). The van der Waals surface area contributed by atoms with Gasteiger partial charge in [0.05, 0.1) is 23.9 Å². The van der Waals surface area contributed by atoms with Gasteiger partial charge < -0.3 is 10.1 Å². The number of aromatic amines is 1. The van der Waals surface area contributed by atoms with E-state index in [1.807, 2.05) is 19.1 Å². The Labute approximate surface area is 167 Å². The molecule has 2 N–H and O–H groups in total. The number of rotatable bonds is 6. The van der Waals surface area contributed by atoms with Crippen LogP contribution in [0.1, 0.15) is 25.3 Å². The molecule has 146 valence electrons. The monoisotopic (exact) mass is 399 g/mol. The highest BCUT2D eigenvalue weighted by atomic mass is 35.5. The molecule has 28 heavy (non-hydrogen) atoms. The van der Waals surface area contributed by atoms with Gasteiger partial charge in [-0.05, 0) is 56.6 Å². The number of pyridine rings is 1. The number of hydrogen-bond acceptors (Lipinski definition) is 6. The second-order valence-electron chi connectivity index (χ2n) is 6.83. The summed E-state index contributed by atoms with van der Waals surface area (Å²) in [4.78, 5) is 19.0. The number of ether oxygens (including phenoxy) is 1. The Morgan fingerprint density at radius 1 is 1.29 bits per heavy atom. The van der Waals surface area contributed by atoms with Crippen molar-refractivity contribution in [1.82, 2.24) is 20.1 Å². The standard InChI is InChI=1S/C20H22ClN5O2/c1-2-28-16-9-13(12-26-7-3-4-8-26)5-6-15(16)23-19-18-14(10-17(21)24-19)11-22-25-20(18)27/h5-6,9-11H,2-4,7-8,12H2,1H3,(H,23,24)(H,25,27). The highest BCUT2D eigenvalue weighted by Crippen LogP contribution is 2.32. The van der Waals surface area contributed by atoms with Crippen LogP contribution in [0.25, 0.3) is 10.8 Å². The number of halogens is 1. The largest absolute Gasteiger partial charge is 0.492 e. The molecule has 1 aromatic carbocycles. The van der Waals surface area contributed by atoms with E-state index in [2.05, 4.69) is 31.5 Å². The molecule has 1 aliphatic rings. The predicted octanol–water partition coefficient (Wildman–Crippen LogP) is 3.71. The third-order valence-corrected chi connectivity index (χ3v) is 5.01. The normalized spacial score (nSPS) is 14.5. The third kappa shape index (κ3) is 3.95. The molecular formula is C20H22ClN5O2. The van der Waals surface area contributed by atoms with Gasteiger partial charge in [0.1, 0.15) is 16.7 Å². The predicted molar refractivity (Wildman–Crippen MR) is 111 cm³/mol. The van der Waals surface area contributed by atoms with Crippen molar-refractivity contribution in [2.75, 3.05) is 25.0 Å². The van der Waals surface area contributed by atoms with Gasteiger partial charge in [0, 0.05) is 11.9 Å². The van der Waals surface area contributed by atoms with Crippen LogP contribution in [-0.4, -0.2) is 39.8 Å². The van der Waals surface area contributed by atoms with Crippen LogP contribution < -0.4 is 15.6 Å². The van der Waals surface area contributed by atoms with Gasteiger partial charge in [0.15, 0.2) is 0 Å². The fraction of sp³-hybridized carbons (Fsp3) is 0.350. The lowest BCUT2D eigenvalue weighted by Crippen LogP contribution is -2.18. The minimum absolute atomic E-state index is 0.283. The second kappa shape index (κ2) is 8.16. The van der Waals surface area contributed by atoms with E-state index in [9.17, 15) is 4.79 Å². The zero-order valence-electron chi connectivity index (χ0n) is 15.7. The molecule has 7 nitrogen and oxygen atoms in total.